The Morgan fingerprint density at radius 1 is 1.13 bits per heavy atom. The van der Waals surface area contributed by atoms with E-state index < -0.39 is 0 Å². The summed E-state index contributed by atoms with van der Waals surface area (Å²) < 4.78 is 0. The number of aliphatic hydroxyl groups is 1. The Hall–Kier alpha value is -0.650. The SMILES string of the molecule is C[C@@H](NCC1CCN(CCO)CC1)C(=O)NC1CCCCCC1. The number of β-amino-alcohol motifs (C(OH)–C–C–N with tert-alkyl or cyclic N) is 1. The summed E-state index contributed by atoms with van der Waals surface area (Å²) in [4.78, 5) is 14.6. The van der Waals surface area contributed by atoms with Crippen LogP contribution in [0.15, 0.2) is 0 Å². The Morgan fingerprint density at radius 2 is 1.78 bits per heavy atom. The highest BCUT2D eigenvalue weighted by molar-refractivity contribution is 5.81. The van der Waals surface area contributed by atoms with Gasteiger partial charge in [-0.05, 0) is 58.2 Å². The van der Waals surface area contributed by atoms with Crippen LogP contribution in [0.5, 0.6) is 0 Å². The van der Waals surface area contributed by atoms with E-state index in [9.17, 15) is 4.79 Å². The number of nitrogens with zero attached hydrogens (tertiary/aromatic N) is 1. The first-order valence-corrected chi connectivity index (χ1v) is 9.56. The predicted octanol–water partition coefficient (Wildman–Crippen LogP) is 1.51. The maximum absolute atomic E-state index is 12.3. The van der Waals surface area contributed by atoms with E-state index in [1.54, 1.807) is 0 Å². The van der Waals surface area contributed by atoms with Gasteiger partial charge < -0.3 is 20.6 Å². The molecule has 0 aromatic carbocycles. The van der Waals surface area contributed by atoms with E-state index in [4.69, 9.17) is 5.11 Å². The van der Waals surface area contributed by atoms with Crippen LogP contribution in [-0.4, -0.2) is 60.8 Å². The highest BCUT2D eigenvalue weighted by atomic mass is 16.3. The molecule has 5 nitrogen and oxygen atoms in total. The molecule has 23 heavy (non-hydrogen) atoms. The molecule has 134 valence electrons. The Bertz CT molecular complexity index is 335. The minimum Gasteiger partial charge on any atom is -0.395 e. The summed E-state index contributed by atoms with van der Waals surface area (Å²) in [6.45, 7) is 6.08. The van der Waals surface area contributed by atoms with Gasteiger partial charge in [0.05, 0.1) is 12.6 Å². The highest BCUT2D eigenvalue weighted by Crippen LogP contribution is 2.18. The van der Waals surface area contributed by atoms with Gasteiger partial charge in [-0.2, -0.15) is 0 Å². The summed E-state index contributed by atoms with van der Waals surface area (Å²) in [5.74, 6) is 0.813. The summed E-state index contributed by atoms with van der Waals surface area (Å²) in [6.07, 6.45) is 9.72. The van der Waals surface area contributed by atoms with Crippen LogP contribution in [0.1, 0.15) is 58.3 Å². The summed E-state index contributed by atoms with van der Waals surface area (Å²) in [5.41, 5.74) is 0. The molecule has 3 N–H and O–H groups in total. The monoisotopic (exact) mass is 325 g/mol. The van der Waals surface area contributed by atoms with Crippen LogP contribution in [0.2, 0.25) is 0 Å². The normalized spacial score (nSPS) is 23.4. The maximum atomic E-state index is 12.3. The zero-order chi connectivity index (χ0) is 16.5. The van der Waals surface area contributed by atoms with Crippen LogP contribution < -0.4 is 10.6 Å². The minimum absolute atomic E-state index is 0.103. The topological polar surface area (TPSA) is 64.6 Å². The van der Waals surface area contributed by atoms with Gasteiger partial charge in [-0.3, -0.25) is 4.79 Å². The van der Waals surface area contributed by atoms with Gasteiger partial charge in [0.15, 0.2) is 0 Å². The molecule has 0 radical (unpaired) electrons. The van der Waals surface area contributed by atoms with Gasteiger partial charge in [0, 0.05) is 12.6 Å². The third-order valence-corrected chi connectivity index (χ3v) is 5.43. The summed E-state index contributed by atoms with van der Waals surface area (Å²) in [6, 6.07) is 0.282. The minimum atomic E-state index is -0.103. The second kappa shape index (κ2) is 10.3. The van der Waals surface area contributed by atoms with Crippen LogP contribution in [-0.2, 0) is 4.79 Å². The average Bonchev–Trinajstić information content (AvgIpc) is 2.83. The molecular weight excluding hydrogens is 290 g/mol. The van der Waals surface area contributed by atoms with E-state index in [0.717, 1.165) is 51.9 Å². The Labute approximate surface area is 141 Å². The first-order chi connectivity index (χ1) is 11.2. The number of carbonyl (C=O) groups excluding carboxylic acids is 1. The van der Waals surface area contributed by atoms with Gasteiger partial charge in [0.1, 0.15) is 0 Å². The zero-order valence-electron chi connectivity index (χ0n) is 14.7. The lowest BCUT2D eigenvalue weighted by atomic mass is 9.96. The molecule has 0 bridgehead atoms. The van der Waals surface area contributed by atoms with Crippen molar-refractivity contribution in [3.8, 4) is 0 Å². The summed E-state index contributed by atoms with van der Waals surface area (Å²) >= 11 is 0. The first kappa shape index (κ1) is 18.7. The van der Waals surface area contributed by atoms with Crippen LogP contribution in [0.4, 0.5) is 0 Å². The number of piperidine rings is 1. The molecule has 0 aromatic heterocycles. The van der Waals surface area contributed by atoms with E-state index >= 15 is 0 Å². The Balaban J connectivity index is 1.62. The molecular formula is C18H35N3O2. The van der Waals surface area contributed by atoms with Crippen molar-refractivity contribution in [1.82, 2.24) is 15.5 Å². The number of aliphatic hydroxyl groups excluding tert-OH is 1. The average molecular weight is 325 g/mol. The predicted molar refractivity (Wildman–Crippen MR) is 93.3 cm³/mol. The number of hydrogen-bond acceptors (Lipinski definition) is 4. The molecule has 1 aliphatic carbocycles. The van der Waals surface area contributed by atoms with Crippen molar-refractivity contribution in [1.29, 1.82) is 0 Å². The van der Waals surface area contributed by atoms with E-state index in [1.807, 2.05) is 6.92 Å². The molecule has 1 heterocycles. The van der Waals surface area contributed by atoms with Crippen LogP contribution in [0.3, 0.4) is 0 Å². The standard InChI is InChI=1S/C18H35N3O2/c1-15(18(23)20-17-6-4-2-3-5-7-17)19-14-16-8-10-21(11-9-16)12-13-22/h15-17,19,22H,2-14H2,1H3,(H,20,23)/t15-/m1/s1. The van der Waals surface area contributed by atoms with E-state index in [2.05, 4.69) is 15.5 Å². The van der Waals surface area contributed by atoms with E-state index in [1.165, 1.54) is 25.7 Å². The van der Waals surface area contributed by atoms with Crippen LogP contribution in [0.25, 0.3) is 0 Å². The molecule has 1 amide bonds. The molecule has 0 unspecified atom stereocenters. The summed E-state index contributed by atoms with van der Waals surface area (Å²) in [5, 5.41) is 15.6. The lowest BCUT2D eigenvalue weighted by molar-refractivity contribution is -0.123. The smallest absolute Gasteiger partial charge is 0.237 e. The van der Waals surface area contributed by atoms with E-state index in [-0.39, 0.29) is 18.6 Å². The summed E-state index contributed by atoms with van der Waals surface area (Å²) in [7, 11) is 0. The van der Waals surface area contributed by atoms with Crippen molar-refractivity contribution in [3.05, 3.63) is 0 Å². The number of carbonyl (C=O) groups is 1. The molecule has 1 atom stereocenters. The molecule has 5 heteroatoms. The second-order valence-corrected chi connectivity index (χ2v) is 7.34. The lowest BCUT2D eigenvalue weighted by Gasteiger charge is -2.32. The number of amides is 1. The van der Waals surface area contributed by atoms with Gasteiger partial charge in [-0.1, -0.05) is 25.7 Å². The van der Waals surface area contributed by atoms with Crippen LogP contribution in [0, 0.1) is 5.92 Å². The van der Waals surface area contributed by atoms with Gasteiger partial charge in [-0.25, -0.2) is 0 Å². The quantitative estimate of drug-likeness (QED) is 0.621. The largest absolute Gasteiger partial charge is 0.395 e. The third-order valence-electron chi connectivity index (χ3n) is 5.43. The highest BCUT2D eigenvalue weighted by Gasteiger charge is 2.22. The third kappa shape index (κ3) is 6.77. The van der Waals surface area contributed by atoms with Crippen molar-refractivity contribution in [2.24, 2.45) is 5.92 Å². The van der Waals surface area contributed by atoms with Crippen molar-refractivity contribution in [2.75, 3.05) is 32.8 Å². The van der Waals surface area contributed by atoms with E-state index in [0.29, 0.717) is 12.0 Å². The number of likely N-dealkylation sites (tertiary alicyclic amines) is 1. The van der Waals surface area contributed by atoms with Crippen LogP contribution >= 0.6 is 0 Å². The number of rotatable bonds is 7. The van der Waals surface area contributed by atoms with Crippen molar-refractivity contribution in [2.45, 2.75) is 70.4 Å². The maximum Gasteiger partial charge on any atom is 0.237 e. The molecule has 2 fully saturated rings. The first-order valence-electron chi connectivity index (χ1n) is 9.56. The fourth-order valence-corrected chi connectivity index (χ4v) is 3.74. The number of nitrogens with one attached hydrogen (secondary N) is 2. The fraction of sp³-hybridized carbons (Fsp3) is 0.944. The molecule has 2 rings (SSSR count). The number of hydrogen-bond donors (Lipinski definition) is 3. The van der Waals surface area contributed by atoms with Gasteiger partial charge in [-0.15, -0.1) is 0 Å². The molecule has 1 saturated heterocycles. The Kier molecular flexibility index (Phi) is 8.34. The fourth-order valence-electron chi connectivity index (χ4n) is 3.74. The Morgan fingerprint density at radius 3 is 2.39 bits per heavy atom. The van der Waals surface area contributed by atoms with Gasteiger partial charge in [0.2, 0.25) is 5.91 Å². The van der Waals surface area contributed by atoms with Gasteiger partial charge >= 0.3 is 0 Å². The van der Waals surface area contributed by atoms with Crippen molar-refractivity contribution in [3.63, 3.8) is 0 Å². The molecule has 0 spiro atoms. The second-order valence-electron chi connectivity index (χ2n) is 7.34. The molecule has 2 aliphatic rings. The van der Waals surface area contributed by atoms with Crippen molar-refractivity contribution < 1.29 is 9.90 Å². The molecule has 1 aliphatic heterocycles. The van der Waals surface area contributed by atoms with Crippen molar-refractivity contribution >= 4 is 5.91 Å². The lowest BCUT2D eigenvalue weighted by Crippen LogP contribution is -2.48. The van der Waals surface area contributed by atoms with Gasteiger partial charge in [0.25, 0.3) is 0 Å². The zero-order valence-corrected chi connectivity index (χ0v) is 14.7. The molecule has 0 aromatic rings. The molecule has 1 saturated carbocycles.